The fourth-order valence-corrected chi connectivity index (χ4v) is 1.72. The molecule has 104 valence electrons. The van der Waals surface area contributed by atoms with Crippen LogP contribution < -0.4 is 9.47 Å². The number of halogens is 1. The van der Waals surface area contributed by atoms with E-state index in [1.807, 2.05) is 6.07 Å². The minimum Gasteiger partial charge on any atom is -0.488 e. The summed E-state index contributed by atoms with van der Waals surface area (Å²) in [5.41, 5.74) is -0.120. The van der Waals surface area contributed by atoms with Crippen molar-refractivity contribution >= 4 is 17.6 Å². The van der Waals surface area contributed by atoms with Gasteiger partial charge in [-0.15, -0.1) is 0 Å². The highest BCUT2D eigenvalue weighted by atomic mass is 35.5. The van der Waals surface area contributed by atoms with Gasteiger partial charge in [0.25, 0.3) is 0 Å². The molecule has 0 unspecified atom stereocenters. The molecule has 0 radical (unpaired) electrons. The van der Waals surface area contributed by atoms with Crippen LogP contribution in [0, 0.1) is 0 Å². The molecule has 0 amide bonds. The molecule has 0 aliphatic heterocycles. The highest BCUT2D eigenvalue weighted by Gasteiger charge is 2.11. The molecule has 2 aromatic rings. The minimum atomic E-state index is -1.13. The van der Waals surface area contributed by atoms with E-state index in [-0.39, 0.29) is 24.7 Å². The van der Waals surface area contributed by atoms with Gasteiger partial charge in [0.1, 0.15) is 19.0 Å². The Labute approximate surface area is 120 Å². The lowest BCUT2D eigenvalue weighted by atomic mass is 10.3. The highest BCUT2D eigenvalue weighted by Crippen LogP contribution is 2.23. The van der Waals surface area contributed by atoms with E-state index in [0.29, 0.717) is 10.8 Å². The maximum atomic E-state index is 10.9. The maximum absolute atomic E-state index is 10.9. The first kappa shape index (κ1) is 14.1. The van der Waals surface area contributed by atoms with E-state index in [1.54, 1.807) is 30.3 Å². The van der Waals surface area contributed by atoms with Crippen molar-refractivity contribution in [1.29, 1.82) is 0 Å². The molecule has 1 N–H and O–H groups in total. The van der Waals surface area contributed by atoms with Crippen LogP contribution in [0.3, 0.4) is 0 Å². The predicted molar refractivity (Wildman–Crippen MR) is 73.6 cm³/mol. The summed E-state index contributed by atoms with van der Waals surface area (Å²) in [5, 5.41) is 9.46. The molecule has 0 fully saturated rings. The zero-order chi connectivity index (χ0) is 14.4. The summed E-state index contributed by atoms with van der Waals surface area (Å²) in [4.78, 5) is 14.7. The van der Waals surface area contributed by atoms with Crippen LogP contribution in [0.15, 0.2) is 42.6 Å². The number of pyridine rings is 1. The molecule has 1 aromatic carbocycles. The van der Waals surface area contributed by atoms with E-state index in [9.17, 15) is 4.79 Å². The Kier molecular flexibility index (Phi) is 4.79. The van der Waals surface area contributed by atoms with Crippen molar-refractivity contribution in [3.8, 4) is 11.5 Å². The van der Waals surface area contributed by atoms with Crippen LogP contribution >= 0.6 is 11.6 Å². The first-order chi connectivity index (χ1) is 9.68. The molecule has 20 heavy (non-hydrogen) atoms. The predicted octanol–water partition coefficient (Wildman–Crippen LogP) is 2.89. The number of nitrogens with zero attached hydrogens (tertiary/aromatic N) is 1. The lowest BCUT2D eigenvalue weighted by Gasteiger charge is -2.10. The normalized spacial score (nSPS) is 10.1. The third-order valence-corrected chi connectivity index (χ3v) is 2.72. The molecule has 0 aliphatic carbocycles. The Hall–Kier alpha value is -2.27. The Morgan fingerprint density at radius 3 is 2.45 bits per heavy atom. The topological polar surface area (TPSA) is 68.7 Å². The number of para-hydroxylation sites is 1. The largest absolute Gasteiger partial charge is 0.488 e. The number of benzene rings is 1. The van der Waals surface area contributed by atoms with E-state index in [4.69, 9.17) is 26.2 Å². The van der Waals surface area contributed by atoms with E-state index < -0.39 is 5.97 Å². The average molecular weight is 294 g/mol. The van der Waals surface area contributed by atoms with Crippen molar-refractivity contribution in [2.24, 2.45) is 0 Å². The fourth-order valence-electron chi connectivity index (χ4n) is 1.53. The number of carboxylic acids is 1. The maximum Gasteiger partial charge on any atom is 0.358 e. The van der Waals surface area contributed by atoms with Gasteiger partial charge in [0.15, 0.2) is 11.4 Å². The summed E-state index contributed by atoms with van der Waals surface area (Å²) in [6.07, 6.45) is 1.40. The van der Waals surface area contributed by atoms with Crippen molar-refractivity contribution < 1.29 is 19.4 Å². The second-order valence-corrected chi connectivity index (χ2v) is 4.19. The third-order valence-electron chi connectivity index (χ3n) is 2.41. The zero-order valence-corrected chi connectivity index (χ0v) is 11.2. The van der Waals surface area contributed by atoms with Crippen molar-refractivity contribution in [2.75, 3.05) is 13.2 Å². The SMILES string of the molecule is O=C(O)c1ncccc1OCCOc1ccccc1Cl. The lowest BCUT2D eigenvalue weighted by molar-refractivity contribution is 0.0684. The second-order valence-electron chi connectivity index (χ2n) is 3.78. The molecule has 5 nitrogen and oxygen atoms in total. The number of hydrogen-bond acceptors (Lipinski definition) is 4. The molecule has 2 rings (SSSR count). The summed E-state index contributed by atoms with van der Waals surface area (Å²) in [6.45, 7) is 0.439. The number of carboxylic acid groups (broad SMARTS) is 1. The van der Waals surface area contributed by atoms with Crippen LogP contribution in [0.1, 0.15) is 10.5 Å². The van der Waals surface area contributed by atoms with E-state index in [1.165, 1.54) is 6.20 Å². The molecular weight excluding hydrogens is 282 g/mol. The van der Waals surface area contributed by atoms with Gasteiger partial charge in [-0.05, 0) is 24.3 Å². The highest BCUT2D eigenvalue weighted by molar-refractivity contribution is 6.32. The van der Waals surface area contributed by atoms with Gasteiger partial charge in [0.2, 0.25) is 0 Å². The number of carbonyl (C=O) groups is 1. The van der Waals surface area contributed by atoms with Crippen LogP contribution in [0.2, 0.25) is 5.02 Å². The number of aromatic carboxylic acids is 1. The summed E-state index contributed by atoms with van der Waals surface area (Å²) in [7, 11) is 0. The summed E-state index contributed by atoms with van der Waals surface area (Å²) < 4.78 is 10.8. The third kappa shape index (κ3) is 3.61. The van der Waals surface area contributed by atoms with Gasteiger partial charge in [-0.1, -0.05) is 23.7 Å². The molecule has 0 atom stereocenters. The van der Waals surface area contributed by atoms with Gasteiger partial charge in [-0.2, -0.15) is 0 Å². The standard InChI is InChI=1S/C14H12ClNO4/c15-10-4-1-2-5-11(10)19-8-9-20-12-6-3-7-16-13(12)14(17)18/h1-7H,8-9H2,(H,17,18). The molecule has 0 bridgehead atoms. The van der Waals surface area contributed by atoms with Crippen LogP contribution in [-0.2, 0) is 0 Å². The van der Waals surface area contributed by atoms with Gasteiger partial charge >= 0.3 is 5.97 Å². The first-order valence-corrected chi connectivity index (χ1v) is 6.24. The smallest absolute Gasteiger partial charge is 0.358 e. The van der Waals surface area contributed by atoms with E-state index >= 15 is 0 Å². The quantitative estimate of drug-likeness (QED) is 0.829. The summed E-state index contributed by atoms with van der Waals surface area (Å²) in [5.74, 6) is -0.363. The lowest BCUT2D eigenvalue weighted by Crippen LogP contribution is -2.12. The van der Waals surface area contributed by atoms with Crippen LogP contribution in [0.5, 0.6) is 11.5 Å². The van der Waals surface area contributed by atoms with Crippen LogP contribution in [0.25, 0.3) is 0 Å². The Morgan fingerprint density at radius 2 is 1.75 bits per heavy atom. The molecule has 0 saturated carbocycles. The number of ether oxygens (including phenoxy) is 2. The molecule has 1 aromatic heterocycles. The van der Waals surface area contributed by atoms with Crippen molar-refractivity contribution in [1.82, 2.24) is 4.98 Å². The van der Waals surface area contributed by atoms with Gasteiger partial charge in [0, 0.05) is 6.20 Å². The Morgan fingerprint density at radius 1 is 1.10 bits per heavy atom. The second kappa shape index (κ2) is 6.77. The van der Waals surface area contributed by atoms with Crippen molar-refractivity contribution in [3.63, 3.8) is 0 Å². The van der Waals surface area contributed by atoms with Crippen molar-refractivity contribution in [3.05, 3.63) is 53.3 Å². The van der Waals surface area contributed by atoms with E-state index in [0.717, 1.165) is 0 Å². The molecule has 0 aliphatic rings. The number of hydrogen-bond donors (Lipinski definition) is 1. The van der Waals surface area contributed by atoms with Crippen molar-refractivity contribution in [2.45, 2.75) is 0 Å². The molecule has 0 spiro atoms. The number of rotatable bonds is 6. The molecule has 1 heterocycles. The minimum absolute atomic E-state index is 0.120. The summed E-state index contributed by atoms with van der Waals surface area (Å²) in [6, 6.07) is 10.2. The molecule has 6 heteroatoms. The average Bonchev–Trinajstić information content (AvgIpc) is 2.45. The van der Waals surface area contributed by atoms with E-state index in [2.05, 4.69) is 4.98 Å². The first-order valence-electron chi connectivity index (χ1n) is 5.87. The van der Waals surface area contributed by atoms with Gasteiger partial charge in [0.05, 0.1) is 5.02 Å². The number of aromatic nitrogens is 1. The Balaban J connectivity index is 1.88. The Bertz CT molecular complexity index is 603. The van der Waals surface area contributed by atoms with Gasteiger partial charge in [-0.3, -0.25) is 0 Å². The van der Waals surface area contributed by atoms with Gasteiger partial charge in [-0.25, -0.2) is 9.78 Å². The fraction of sp³-hybridized carbons (Fsp3) is 0.143. The van der Waals surface area contributed by atoms with Crippen LogP contribution in [0.4, 0.5) is 0 Å². The molecule has 0 saturated heterocycles. The molecular formula is C14H12ClNO4. The summed E-state index contributed by atoms with van der Waals surface area (Å²) >= 11 is 5.93. The zero-order valence-electron chi connectivity index (χ0n) is 10.5. The monoisotopic (exact) mass is 293 g/mol. The van der Waals surface area contributed by atoms with Gasteiger partial charge < -0.3 is 14.6 Å². The van der Waals surface area contributed by atoms with Crippen LogP contribution in [-0.4, -0.2) is 29.3 Å².